The fraction of sp³-hybridized carbons (Fsp3) is 0.364. The molecule has 0 saturated heterocycles. The Morgan fingerprint density at radius 2 is 1.97 bits per heavy atom. The molecule has 1 unspecified atom stereocenters. The van der Waals surface area contributed by atoms with Crippen molar-refractivity contribution in [2.24, 2.45) is 4.99 Å². The molecule has 1 amide bonds. The molecule has 0 heterocycles. The summed E-state index contributed by atoms with van der Waals surface area (Å²) in [6, 6.07) is 10.8. The van der Waals surface area contributed by atoms with E-state index in [1.165, 1.54) is 26.3 Å². The number of carbonyl (C=O) groups excluding carboxylic acids is 1. The topological polar surface area (TPSA) is 59.9 Å². The Hall–Kier alpha value is -3.03. The van der Waals surface area contributed by atoms with Crippen molar-refractivity contribution in [3.8, 4) is 11.5 Å². The van der Waals surface area contributed by atoms with Gasteiger partial charge in [0.2, 0.25) is 0 Å². The first kappa shape index (κ1) is 23.3. The highest BCUT2D eigenvalue weighted by molar-refractivity contribution is 5.83. The van der Waals surface area contributed by atoms with E-state index >= 15 is 0 Å². The Labute approximate surface area is 173 Å². The SMILES string of the molecule is CCCC(Oc1ccc(C=NC)c(C(F)(F)F)c1)C(=O)NCc1ccccc1OC. The van der Waals surface area contributed by atoms with Crippen LogP contribution < -0.4 is 14.8 Å². The average Bonchev–Trinajstić information content (AvgIpc) is 2.72. The van der Waals surface area contributed by atoms with E-state index in [1.54, 1.807) is 6.07 Å². The number of carbonyl (C=O) groups is 1. The predicted molar refractivity (Wildman–Crippen MR) is 109 cm³/mol. The van der Waals surface area contributed by atoms with Gasteiger partial charge in [-0.15, -0.1) is 0 Å². The van der Waals surface area contributed by atoms with Crippen LogP contribution in [0, 0.1) is 0 Å². The summed E-state index contributed by atoms with van der Waals surface area (Å²) in [7, 11) is 2.93. The second-order valence-electron chi connectivity index (χ2n) is 6.56. The molecule has 30 heavy (non-hydrogen) atoms. The number of methoxy groups -OCH3 is 1. The molecule has 0 aromatic heterocycles. The molecule has 1 atom stereocenters. The number of ether oxygens (including phenoxy) is 2. The minimum Gasteiger partial charge on any atom is -0.496 e. The number of aliphatic imine (C=N–C) groups is 1. The maximum absolute atomic E-state index is 13.4. The molecule has 0 saturated carbocycles. The Kier molecular flexibility index (Phi) is 8.26. The molecule has 0 aliphatic heterocycles. The van der Waals surface area contributed by atoms with Gasteiger partial charge in [-0.3, -0.25) is 9.79 Å². The van der Waals surface area contributed by atoms with Crippen molar-refractivity contribution in [3.63, 3.8) is 0 Å². The number of rotatable bonds is 9. The van der Waals surface area contributed by atoms with Crippen molar-refractivity contribution in [1.82, 2.24) is 5.32 Å². The van der Waals surface area contributed by atoms with Crippen molar-refractivity contribution in [1.29, 1.82) is 0 Å². The molecule has 5 nitrogen and oxygen atoms in total. The number of para-hydroxylation sites is 1. The van der Waals surface area contributed by atoms with Gasteiger partial charge in [-0.2, -0.15) is 13.2 Å². The van der Waals surface area contributed by atoms with Crippen molar-refractivity contribution < 1.29 is 27.4 Å². The van der Waals surface area contributed by atoms with E-state index in [1.807, 2.05) is 25.1 Å². The highest BCUT2D eigenvalue weighted by atomic mass is 19.4. The summed E-state index contributed by atoms with van der Waals surface area (Å²) in [4.78, 5) is 16.3. The minimum absolute atomic E-state index is 0.0264. The predicted octanol–water partition coefficient (Wildman–Crippen LogP) is 4.63. The number of nitrogens with zero attached hydrogens (tertiary/aromatic N) is 1. The number of halogens is 3. The Morgan fingerprint density at radius 3 is 2.60 bits per heavy atom. The lowest BCUT2D eigenvalue weighted by atomic mass is 10.1. The summed E-state index contributed by atoms with van der Waals surface area (Å²) in [5, 5.41) is 2.77. The number of amides is 1. The summed E-state index contributed by atoms with van der Waals surface area (Å²) >= 11 is 0. The van der Waals surface area contributed by atoms with E-state index in [4.69, 9.17) is 9.47 Å². The van der Waals surface area contributed by atoms with Gasteiger partial charge in [0.25, 0.3) is 5.91 Å². The molecule has 2 aromatic rings. The van der Waals surface area contributed by atoms with E-state index in [2.05, 4.69) is 10.3 Å². The van der Waals surface area contributed by atoms with Crippen LogP contribution in [0.3, 0.4) is 0 Å². The van der Waals surface area contributed by atoms with Crippen LogP contribution in [-0.4, -0.2) is 32.4 Å². The molecule has 0 spiro atoms. The van der Waals surface area contributed by atoms with Crippen molar-refractivity contribution in [2.45, 2.75) is 38.6 Å². The van der Waals surface area contributed by atoms with Crippen molar-refractivity contribution in [3.05, 3.63) is 59.2 Å². The first-order valence-electron chi connectivity index (χ1n) is 9.49. The number of hydrogen-bond donors (Lipinski definition) is 1. The first-order chi connectivity index (χ1) is 14.3. The zero-order valence-corrected chi connectivity index (χ0v) is 17.1. The molecule has 162 valence electrons. The lowest BCUT2D eigenvalue weighted by Gasteiger charge is -2.20. The van der Waals surface area contributed by atoms with Gasteiger partial charge in [0.15, 0.2) is 6.10 Å². The summed E-state index contributed by atoms with van der Waals surface area (Å²) in [5.74, 6) is 0.200. The van der Waals surface area contributed by atoms with Gasteiger partial charge in [0.05, 0.1) is 12.7 Å². The monoisotopic (exact) mass is 422 g/mol. The number of alkyl halides is 3. The molecule has 8 heteroatoms. The van der Waals surface area contributed by atoms with Crippen molar-refractivity contribution in [2.75, 3.05) is 14.2 Å². The maximum atomic E-state index is 13.4. The first-order valence-corrected chi connectivity index (χ1v) is 9.49. The van der Waals surface area contributed by atoms with Gasteiger partial charge >= 0.3 is 6.18 Å². The van der Waals surface area contributed by atoms with Crippen LogP contribution in [0.4, 0.5) is 13.2 Å². The molecule has 2 rings (SSSR count). The molecule has 0 aliphatic carbocycles. The lowest BCUT2D eigenvalue weighted by molar-refractivity contribution is -0.137. The second-order valence-corrected chi connectivity index (χ2v) is 6.56. The van der Waals surface area contributed by atoms with E-state index in [-0.39, 0.29) is 17.9 Å². The fourth-order valence-electron chi connectivity index (χ4n) is 2.92. The summed E-state index contributed by atoms with van der Waals surface area (Å²) in [6.45, 7) is 2.08. The lowest BCUT2D eigenvalue weighted by Crippen LogP contribution is -2.38. The summed E-state index contributed by atoms with van der Waals surface area (Å²) in [6.07, 6.45) is -3.37. The maximum Gasteiger partial charge on any atom is 0.417 e. The number of nitrogens with one attached hydrogen (secondary N) is 1. The van der Waals surface area contributed by atoms with Crippen LogP contribution in [0.5, 0.6) is 11.5 Å². The molecule has 0 aliphatic rings. The molecular formula is C22H25F3N2O3. The van der Waals surface area contributed by atoms with Crippen LogP contribution in [0.2, 0.25) is 0 Å². The molecule has 0 radical (unpaired) electrons. The standard InChI is InChI=1S/C22H25F3N2O3/c1-4-7-20(21(28)27-14-16-8-5-6-9-19(16)29-3)30-17-11-10-15(13-26-2)18(12-17)22(23,24)25/h5-6,8-13,20H,4,7,14H2,1-3H3,(H,27,28). The molecule has 1 N–H and O–H groups in total. The molecule has 0 bridgehead atoms. The van der Waals surface area contributed by atoms with Crippen LogP contribution in [0.25, 0.3) is 0 Å². The van der Waals surface area contributed by atoms with Crippen LogP contribution in [0.15, 0.2) is 47.5 Å². The smallest absolute Gasteiger partial charge is 0.417 e. The van der Waals surface area contributed by atoms with E-state index in [0.717, 1.165) is 17.8 Å². The Bertz CT molecular complexity index is 882. The van der Waals surface area contributed by atoms with E-state index in [0.29, 0.717) is 18.6 Å². The Balaban J connectivity index is 2.17. The number of benzene rings is 2. The molecular weight excluding hydrogens is 397 g/mol. The van der Waals surface area contributed by atoms with Gasteiger partial charge < -0.3 is 14.8 Å². The summed E-state index contributed by atoms with van der Waals surface area (Å²) in [5.41, 5.74) is -0.147. The highest BCUT2D eigenvalue weighted by Gasteiger charge is 2.34. The van der Waals surface area contributed by atoms with Gasteiger partial charge in [-0.1, -0.05) is 31.5 Å². The van der Waals surface area contributed by atoms with Crippen LogP contribution >= 0.6 is 0 Å². The van der Waals surface area contributed by atoms with E-state index < -0.39 is 23.8 Å². The largest absolute Gasteiger partial charge is 0.496 e. The third kappa shape index (κ3) is 6.23. The van der Waals surface area contributed by atoms with Gasteiger partial charge in [-0.25, -0.2) is 0 Å². The summed E-state index contributed by atoms with van der Waals surface area (Å²) < 4.78 is 51.0. The van der Waals surface area contributed by atoms with E-state index in [9.17, 15) is 18.0 Å². The third-order valence-corrected chi connectivity index (χ3v) is 4.37. The van der Waals surface area contributed by atoms with Gasteiger partial charge in [0.1, 0.15) is 11.5 Å². The average molecular weight is 422 g/mol. The zero-order valence-electron chi connectivity index (χ0n) is 17.1. The van der Waals surface area contributed by atoms with Gasteiger partial charge in [-0.05, 0) is 30.7 Å². The minimum atomic E-state index is -4.57. The Morgan fingerprint density at radius 1 is 1.23 bits per heavy atom. The zero-order chi connectivity index (χ0) is 22.1. The molecule has 0 fully saturated rings. The molecule has 2 aromatic carbocycles. The fourth-order valence-corrected chi connectivity index (χ4v) is 2.92. The third-order valence-electron chi connectivity index (χ3n) is 4.37. The number of hydrogen-bond acceptors (Lipinski definition) is 4. The highest BCUT2D eigenvalue weighted by Crippen LogP contribution is 2.34. The van der Waals surface area contributed by atoms with Gasteiger partial charge in [0, 0.05) is 30.9 Å². The normalized spacial score (nSPS) is 12.6. The van der Waals surface area contributed by atoms with Crippen LogP contribution in [0.1, 0.15) is 36.5 Å². The second kappa shape index (κ2) is 10.7. The van der Waals surface area contributed by atoms with Crippen LogP contribution in [-0.2, 0) is 17.5 Å². The van der Waals surface area contributed by atoms with Crippen molar-refractivity contribution >= 4 is 12.1 Å². The quantitative estimate of drug-likeness (QED) is 0.600.